The molecule has 0 fully saturated rings. The van der Waals surface area contributed by atoms with Crippen molar-refractivity contribution in [2.45, 2.75) is 40.2 Å². The molecule has 0 radical (unpaired) electrons. The summed E-state index contributed by atoms with van der Waals surface area (Å²) in [6.07, 6.45) is 1.34. The van der Waals surface area contributed by atoms with Gasteiger partial charge in [0.15, 0.2) is 0 Å². The van der Waals surface area contributed by atoms with E-state index in [9.17, 15) is 4.79 Å². The van der Waals surface area contributed by atoms with Crippen molar-refractivity contribution in [3.63, 3.8) is 0 Å². The van der Waals surface area contributed by atoms with Gasteiger partial charge in [0.2, 0.25) is 0 Å². The molecule has 23 heavy (non-hydrogen) atoms. The van der Waals surface area contributed by atoms with Gasteiger partial charge in [0.05, 0.1) is 0 Å². The minimum atomic E-state index is -0.121. The van der Waals surface area contributed by atoms with Crippen LogP contribution in [-0.2, 0) is 22.6 Å². The highest BCUT2D eigenvalue weighted by Crippen LogP contribution is 2.32. The summed E-state index contributed by atoms with van der Waals surface area (Å²) in [5, 5.41) is 0. The normalized spacial score (nSPS) is 12.7. The number of hydrogen-bond donors (Lipinski definition) is 0. The molecule has 0 aliphatic carbocycles. The highest BCUT2D eigenvalue weighted by molar-refractivity contribution is 5.69. The molecule has 0 aliphatic heterocycles. The van der Waals surface area contributed by atoms with E-state index in [0.717, 1.165) is 12.0 Å². The Kier molecular flexibility index (Phi) is 5.97. The van der Waals surface area contributed by atoms with E-state index in [2.05, 4.69) is 32.9 Å². The van der Waals surface area contributed by atoms with Crippen LogP contribution in [0.1, 0.15) is 38.3 Å². The molecule has 1 atom stereocenters. The lowest BCUT2D eigenvalue weighted by atomic mass is 9.75. The lowest BCUT2D eigenvalue weighted by Crippen LogP contribution is -2.26. The number of rotatable bonds is 6. The van der Waals surface area contributed by atoms with Crippen molar-refractivity contribution < 1.29 is 9.53 Å². The number of carbonyl (C=O) groups excluding carboxylic acids is 1. The maximum Gasteiger partial charge on any atom is 0.306 e. The molecule has 2 nitrogen and oxygen atoms in total. The summed E-state index contributed by atoms with van der Waals surface area (Å²) in [5.41, 5.74) is 2.35. The Morgan fingerprint density at radius 2 is 1.43 bits per heavy atom. The van der Waals surface area contributed by atoms with Crippen LogP contribution in [0.3, 0.4) is 0 Å². The van der Waals surface area contributed by atoms with Gasteiger partial charge >= 0.3 is 5.97 Å². The standard InChI is InChI=1S/C21H26O2/c1-21(2,3)19(14-17-10-6-4-7-11-17)15-20(22)23-16-18-12-8-5-9-13-18/h4-13,19H,14-16H2,1-3H3/t19-/m1/s1. The molecular formula is C21H26O2. The average Bonchev–Trinajstić information content (AvgIpc) is 2.53. The second-order valence-corrected chi connectivity index (χ2v) is 7.10. The largest absolute Gasteiger partial charge is 0.461 e. The zero-order valence-electron chi connectivity index (χ0n) is 14.3. The molecule has 0 saturated carbocycles. The maximum absolute atomic E-state index is 12.2. The van der Waals surface area contributed by atoms with Gasteiger partial charge in [0.1, 0.15) is 6.61 Å². The molecule has 0 unspecified atom stereocenters. The van der Waals surface area contributed by atoms with Crippen LogP contribution >= 0.6 is 0 Å². The molecule has 0 aromatic heterocycles. The smallest absolute Gasteiger partial charge is 0.306 e. The Labute approximate surface area is 139 Å². The molecule has 0 N–H and O–H groups in total. The summed E-state index contributed by atoms with van der Waals surface area (Å²) in [6, 6.07) is 20.2. The summed E-state index contributed by atoms with van der Waals surface area (Å²) >= 11 is 0. The van der Waals surface area contributed by atoms with Crippen molar-refractivity contribution in [1.82, 2.24) is 0 Å². The van der Waals surface area contributed by atoms with Gasteiger partial charge in [-0.05, 0) is 28.9 Å². The molecule has 2 rings (SSSR count). The Bertz CT molecular complexity index is 597. The molecule has 122 valence electrons. The fourth-order valence-corrected chi connectivity index (χ4v) is 2.58. The monoisotopic (exact) mass is 310 g/mol. The number of esters is 1. The van der Waals surface area contributed by atoms with Gasteiger partial charge in [-0.25, -0.2) is 0 Å². The van der Waals surface area contributed by atoms with Gasteiger partial charge in [0, 0.05) is 6.42 Å². The molecule has 2 heteroatoms. The predicted octanol–water partition coefficient (Wildman–Crippen LogP) is 5.02. The van der Waals surface area contributed by atoms with Crippen LogP contribution in [0.5, 0.6) is 0 Å². The molecule has 0 amide bonds. The van der Waals surface area contributed by atoms with Crippen LogP contribution in [0.15, 0.2) is 60.7 Å². The van der Waals surface area contributed by atoms with E-state index < -0.39 is 0 Å². The number of ether oxygens (including phenoxy) is 1. The summed E-state index contributed by atoms with van der Waals surface area (Å²) in [4.78, 5) is 12.2. The molecule has 0 bridgehead atoms. The third-order valence-corrected chi connectivity index (χ3v) is 4.21. The van der Waals surface area contributed by atoms with Gasteiger partial charge in [-0.2, -0.15) is 0 Å². The first-order valence-electron chi connectivity index (χ1n) is 8.18. The summed E-state index contributed by atoms with van der Waals surface area (Å²) < 4.78 is 5.45. The van der Waals surface area contributed by atoms with Crippen molar-refractivity contribution in [2.75, 3.05) is 0 Å². The first-order valence-corrected chi connectivity index (χ1v) is 8.18. The van der Waals surface area contributed by atoms with Crippen LogP contribution in [0.2, 0.25) is 0 Å². The number of carbonyl (C=O) groups is 1. The SMILES string of the molecule is CC(C)(C)[C@@H](CC(=O)OCc1ccccc1)Cc1ccccc1. The second-order valence-electron chi connectivity index (χ2n) is 7.10. The molecular weight excluding hydrogens is 284 g/mol. The average molecular weight is 310 g/mol. The van der Waals surface area contributed by atoms with Crippen molar-refractivity contribution >= 4 is 5.97 Å². The third-order valence-electron chi connectivity index (χ3n) is 4.21. The lowest BCUT2D eigenvalue weighted by Gasteiger charge is -2.30. The molecule has 0 saturated heterocycles. The van der Waals surface area contributed by atoms with E-state index in [1.54, 1.807) is 0 Å². The first-order chi connectivity index (χ1) is 10.9. The van der Waals surface area contributed by atoms with Gasteiger partial charge in [-0.1, -0.05) is 81.4 Å². The second kappa shape index (κ2) is 7.96. The van der Waals surface area contributed by atoms with Crippen molar-refractivity contribution in [2.24, 2.45) is 11.3 Å². The van der Waals surface area contributed by atoms with Crippen molar-refractivity contribution in [3.05, 3.63) is 71.8 Å². The minimum Gasteiger partial charge on any atom is -0.461 e. The van der Waals surface area contributed by atoms with Crippen LogP contribution < -0.4 is 0 Å². The molecule has 2 aromatic carbocycles. The first kappa shape index (κ1) is 17.3. The van der Waals surface area contributed by atoms with E-state index in [4.69, 9.17) is 4.74 Å². The number of hydrogen-bond acceptors (Lipinski definition) is 2. The van der Waals surface area contributed by atoms with Crippen LogP contribution in [-0.4, -0.2) is 5.97 Å². The Morgan fingerprint density at radius 3 is 1.96 bits per heavy atom. The number of benzene rings is 2. The Hall–Kier alpha value is -2.09. The summed E-state index contributed by atoms with van der Waals surface area (Å²) in [6.45, 7) is 6.91. The fraction of sp³-hybridized carbons (Fsp3) is 0.381. The highest BCUT2D eigenvalue weighted by atomic mass is 16.5. The van der Waals surface area contributed by atoms with E-state index in [0.29, 0.717) is 13.0 Å². The van der Waals surface area contributed by atoms with E-state index in [1.807, 2.05) is 48.5 Å². The topological polar surface area (TPSA) is 26.3 Å². The predicted molar refractivity (Wildman–Crippen MR) is 93.9 cm³/mol. The van der Waals surface area contributed by atoms with E-state index in [1.165, 1.54) is 5.56 Å². The molecule has 0 spiro atoms. The molecule has 0 aliphatic rings. The van der Waals surface area contributed by atoms with Gasteiger partial charge in [-0.3, -0.25) is 4.79 Å². The third kappa shape index (κ3) is 5.90. The van der Waals surface area contributed by atoms with Gasteiger partial charge < -0.3 is 4.74 Å². The van der Waals surface area contributed by atoms with Crippen LogP contribution in [0, 0.1) is 11.3 Å². The maximum atomic E-state index is 12.2. The van der Waals surface area contributed by atoms with Crippen molar-refractivity contribution in [3.8, 4) is 0 Å². The Morgan fingerprint density at radius 1 is 0.913 bits per heavy atom. The van der Waals surface area contributed by atoms with Gasteiger partial charge in [0.25, 0.3) is 0 Å². The Balaban J connectivity index is 1.93. The van der Waals surface area contributed by atoms with E-state index in [-0.39, 0.29) is 17.3 Å². The fourth-order valence-electron chi connectivity index (χ4n) is 2.58. The minimum absolute atomic E-state index is 0.0572. The zero-order chi connectivity index (χ0) is 16.7. The quantitative estimate of drug-likeness (QED) is 0.700. The van der Waals surface area contributed by atoms with E-state index >= 15 is 0 Å². The lowest BCUT2D eigenvalue weighted by molar-refractivity contribution is -0.147. The molecule has 0 heterocycles. The van der Waals surface area contributed by atoms with Crippen molar-refractivity contribution in [1.29, 1.82) is 0 Å². The summed E-state index contributed by atoms with van der Waals surface area (Å²) in [5.74, 6) is 0.137. The van der Waals surface area contributed by atoms with Crippen LogP contribution in [0.25, 0.3) is 0 Å². The molecule has 2 aromatic rings. The van der Waals surface area contributed by atoms with Crippen LogP contribution in [0.4, 0.5) is 0 Å². The zero-order valence-corrected chi connectivity index (χ0v) is 14.3. The van der Waals surface area contributed by atoms with Gasteiger partial charge in [-0.15, -0.1) is 0 Å². The summed E-state index contributed by atoms with van der Waals surface area (Å²) in [7, 11) is 0. The highest BCUT2D eigenvalue weighted by Gasteiger charge is 2.27.